The van der Waals surface area contributed by atoms with E-state index in [1.807, 2.05) is 12.1 Å². The standard InChI is InChI=1S/C16H20FN3/c1-16(2,12-3-5-13(17)6-4-12)14(18)9-11-7-8-20-15(19)10-11/h3-8,10,14H,9,18H2,1-2H3,(H2,19,20). The van der Waals surface area contributed by atoms with Crippen molar-refractivity contribution >= 4 is 5.82 Å². The third-order valence-electron chi connectivity index (χ3n) is 3.82. The topological polar surface area (TPSA) is 64.9 Å². The van der Waals surface area contributed by atoms with Gasteiger partial charge in [-0.1, -0.05) is 26.0 Å². The monoisotopic (exact) mass is 273 g/mol. The zero-order valence-electron chi connectivity index (χ0n) is 11.8. The Bertz CT molecular complexity index is 579. The fraction of sp³-hybridized carbons (Fsp3) is 0.312. The minimum absolute atomic E-state index is 0.102. The van der Waals surface area contributed by atoms with E-state index in [4.69, 9.17) is 11.5 Å². The van der Waals surface area contributed by atoms with Crippen molar-refractivity contribution in [3.05, 3.63) is 59.5 Å². The smallest absolute Gasteiger partial charge is 0.123 e. The Balaban J connectivity index is 2.18. The predicted molar refractivity (Wildman–Crippen MR) is 79.8 cm³/mol. The van der Waals surface area contributed by atoms with Crippen LogP contribution in [0.2, 0.25) is 0 Å². The zero-order valence-corrected chi connectivity index (χ0v) is 11.8. The van der Waals surface area contributed by atoms with E-state index in [9.17, 15) is 4.39 Å². The summed E-state index contributed by atoms with van der Waals surface area (Å²) in [6, 6.07) is 10.2. The van der Waals surface area contributed by atoms with Crippen LogP contribution in [0.1, 0.15) is 25.0 Å². The lowest BCUT2D eigenvalue weighted by Crippen LogP contribution is -2.42. The Morgan fingerprint density at radius 2 is 1.85 bits per heavy atom. The van der Waals surface area contributed by atoms with E-state index in [0.717, 1.165) is 11.1 Å². The molecule has 4 heteroatoms. The van der Waals surface area contributed by atoms with Gasteiger partial charge in [0.25, 0.3) is 0 Å². The Morgan fingerprint density at radius 3 is 2.45 bits per heavy atom. The molecule has 0 saturated heterocycles. The van der Waals surface area contributed by atoms with E-state index in [-0.39, 0.29) is 17.3 Å². The largest absolute Gasteiger partial charge is 0.384 e. The van der Waals surface area contributed by atoms with Gasteiger partial charge >= 0.3 is 0 Å². The highest BCUT2D eigenvalue weighted by Crippen LogP contribution is 2.28. The second kappa shape index (κ2) is 5.59. The van der Waals surface area contributed by atoms with Gasteiger partial charge in [-0.05, 0) is 41.8 Å². The van der Waals surface area contributed by atoms with Gasteiger partial charge in [0, 0.05) is 17.7 Å². The van der Waals surface area contributed by atoms with Crippen molar-refractivity contribution in [2.45, 2.75) is 31.7 Å². The summed E-state index contributed by atoms with van der Waals surface area (Å²) in [6.07, 6.45) is 2.37. The molecule has 106 valence electrons. The number of aromatic nitrogens is 1. The number of nitrogen functional groups attached to an aromatic ring is 1. The molecule has 20 heavy (non-hydrogen) atoms. The van der Waals surface area contributed by atoms with Crippen LogP contribution in [0.3, 0.4) is 0 Å². The lowest BCUT2D eigenvalue weighted by Gasteiger charge is -2.32. The third-order valence-corrected chi connectivity index (χ3v) is 3.82. The molecule has 4 N–H and O–H groups in total. The number of hydrogen-bond donors (Lipinski definition) is 2. The molecule has 1 aromatic carbocycles. The van der Waals surface area contributed by atoms with Crippen molar-refractivity contribution in [1.29, 1.82) is 0 Å². The maximum absolute atomic E-state index is 13.0. The molecule has 1 unspecified atom stereocenters. The van der Waals surface area contributed by atoms with Crippen LogP contribution in [-0.4, -0.2) is 11.0 Å². The first-order valence-electron chi connectivity index (χ1n) is 6.61. The Kier molecular flexibility index (Phi) is 4.04. The molecule has 0 aliphatic carbocycles. The molecule has 1 heterocycles. The van der Waals surface area contributed by atoms with Crippen LogP contribution in [0, 0.1) is 5.82 Å². The molecule has 1 aromatic heterocycles. The molecule has 1 atom stereocenters. The number of pyridine rings is 1. The van der Waals surface area contributed by atoms with Crippen LogP contribution in [-0.2, 0) is 11.8 Å². The normalized spacial score (nSPS) is 13.2. The first-order chi connectivity index (χ1) is 9.39. The van der Waals surface area contributed by atoms with Crippen molar-refractivity contribution in [1.82, 2.24) is 4.98 Å². The van der Waals surface area contributed by atoms with Crippen LogP contribution in [0.5, 0.6) is 0 Å². The lowest BCUT2D eigenvalue weighted by molar-refractivity contribution is 0.406. The molecule has 3 nitrogen and oxygen atoms in total. The predicted octanol–water partition coefficient (Wildman–Crippen LogP) is 2.65. The number of anilines is 1. The van der Waals surface area contributed by atoms with Crippen LogP contribution >= 0.6 is 0 Å². The summed E-state index contributed by atoms with van der Waals surface area (Å²) >= 11 is 0. The summed E-state index contributed by atoms with van der Waals surface area (Å²) in [6.45, 7) is 4.13. The van der Waals surface area contributed by atoms with Crippen molar-refractivity contribution in [3.63, 3.8) is 0 Å². The van der Waals surface area contributed by atoms with Gasteiger partial charge in [0.2, 0.25) is 0 Å². The second-order valence-electron chi connectivity index (χ2n) is 5.63. The molecule has 0 amide bonds. The highest BCUT2D eigenvalue weighted by atomic mass is 19.1. The molecule has 0 bridgehead atoms. The van der Waals surface area contributed by atoms with E-state index in [0.29, 0.717) is 12.2 Å². The number of nitrogens with zero attached hydrogens (tertiary/aromatic N) is 1. The Labute approximate surface area is 118 Å². The van der Waals surface area contributed by atoms with Crippen molar-refractivity contribution in [2.24, 2.45) is 5.73 Å². The summed E-state index contributed by atoms with van der Waals surface area (Å²) in [5, 5.41) is 0. The minimum Gasteiger partial charge on any atom is -0.384 e. The van der Waals surface area contributed by atoms with E-state index in [2.05, 4.69) is 18.8 Å². The quantitative estimate of drug-likeness (QED) is 0.900. The van der Waals surface area contributed by atoms with Crippen LogP contribution < -0.4 is 11.5 Å². The van der Waals surface area contributed by atoms with E-state index >= 15 is 0 Å². The van der Waals surface area contributed by atoms with Gasteiger partial charge in [-0.15, -0.1) is 0 Å². The number of hydrogen-bond acceptors (Lipinski definition) is 3. The molecule has 0 radical (unpaired) electrons. The SMILES string of the molecule is CC(C)(c1ccc(F)cc1)C(N)Cc1ccnc(N)c1. The van der Waals surface area contributed by atoms with Gasteiger partial charge in [0.05, 0.1) is 0 Å². The summed E-state index contributed by atoms with van der Waals surface area (Å²) in [5.41, 5.74) is 13.8. The molecular weight excluding hydrogens is 253 g/mol. The zero-order chi connectivity index (χ0) is 14.8. The first-order valence-corrected chi connectivity index (χ1v) is 6.61. The molecule has 0 aliphatic heterocycles. The number of nitrogens with two attached hydrogens (primary N) is 2. The number of benzene rings is 1. The van der Waals surface area contributed by atoms with Gasteiger partial charge in [0.1, 0.15) is 11.6 Å². The van der Waals surface area contributed by atoms with Crippen molar-refractivity contribution in [3.8, 4) is 0 Å². The molecule has 2 aromatic rings. The molecule has 0 aliphatic rings. The fourth-order valence-corrected chi connectivity index (χ4v) is 2.22. The highest BCUT2D eigenvalue weighted by Gasteiger charge is 2.28. The lowest BCUT2D eigenvalue weighted by atomic mass is 9.76. The summed E-state index contributed by atoms with van der Waals surface area (Å²) < 4.78 is 13.0. The van der Waals surface area contributed by atoms with Gasteiger partial charge in [-0.25, -0.2) is 9.37 Å². The molecular formula is C16H20FN3. The molecule has 0 spiro atoms. The van der Waals surface area contributed by atoms with E-state index in [1.54, 1.807) is 18.3 Å². The van der Waals surface area contributed by atoms with Gasteiger partial charge in [-0.2, -0.15) is 0 Å². The average Bonchev–Trinajstić information content (AvgIpc) is 2.39. The van der Waals surface area contributed by atoms with Gasteiger partial charge in [0.15, 0.2) is 0 Å². The minimum atomic E-state index is -0.258. The third kappa shape index (κ3) is 3.14. The molecule has 0 fully saturated rings. The summed E-state index contributed by atoms with van der Waals surface area (Å²) in [7, 11) is 0. The van der Waals surface area contributed by atoms with Crippen molar-refractivity contribution in [2.75, 3.05) is 5.73 Å². The second-order valence-corrected chi connectivity index (χ2v) is 5.63. The number of halogens is 1. The van der Waals surface area contributed by atoms with Crippen LogP contribution in [0.15, 0.2) is 42.6 Å². The molecule has 2 rings (SSSR count). The highest BCUT2D eigenvalue weighted by molar-refractivity contribution is 5.33. The maximum atomic E-state index is 13.0. The first kappa shape index (κ1) is 14.5. The van der Waals surface area contributed by atoms with Gasteiger partial charge < -0.3 is 11.5 Å². The van der Waals surface area contributed by atoms with Crippen LogP contribution in [0.25, 0.3) is 0 Å². The summed E-state index contributed by atoms with van der Waals surface area (Å²) in [4.78, 5) is 3.97. The van der Waals surface area contributed by atoms with Crippen molar-refractivity contribution < 1.29 is 4.39 Å². The number of rotatable bonds is 4. The fourth-order valence-electron chi connectivity index (χ4n) is 2.22. The Morgan fingerprint density at radius 1 is 1.20 bits per heavy atom. The Hall–Kier alpha value is -1.94. The average molecular weight is 273 g/mol. The van der Waals surface area contributed by atoms with Crippen LogP contribution in [0.4, 0.5) is 10.2 Å². The summed E-state index contributed by atoms with van der Waals surface area (Å²) in [5.74, 6) is 0.259. The van der Waals surface area contributed by atoms with Gasteiger partial charge in [-0.3, -0.25) is 0 Å². The van der Waals surface area contributed by atoms with E-state index in [1.165, 1.54) is 12.1 Å². The van der Waals surface area contributed by atoms with E-state index < -0.39 is 0 Å². The molecule has 0 saturated carbocycles. The maximum Gasteiger partial charge on any atom is 0.123 e.